The van der Waals surface area contributed by atoms with Crippen molar-refractivity contribution in [1.29, 1.82) is 0 Å². The molecule has 0 atom stereocenters. The molecule has 2 aromatic rings. The van der Waals surface area contributed by atoms with Crippen molar-refractivity contribution in [3.8, 4) is 0 Å². The van der Waals surface area contributed by atoms with Gasteiger partial charge in [0, 0.05) is 17.6 Å². The summed E-state index contributed by atoms with van der Waals surface area (Å²) in [5.74, 6) is -0.145. The summed E-state index contributed by atoms with van der Waals surface area (Å²) < 4.78 is 39.0. The maximum Gasteiger partial charge on any atom is 0.416 e. The first-order valence-corrected chi connectivity index (χ1v) is 8.57. The standard InChI is InChI=1S/C20H21F3N2O/c21-20(22,23)16-4-1-3-15(12-16)19(9-2-10-19)13-25-18(26)11-14-5-7-17(24)8-6-14/h1,3-8,12H,2,9-11,13,24H2,(H,25,26). The molecule has 0 saturated heterocycles. The molecule has 1 saturated carbocycles. The molecule has 26 heavy (non-hydrogen) atoms. The first-order valence-electron chi connectivity index (χ1n) is 8.57. The van der Waals surface area contributed by atoms with Gasteiger partial charge in [-0.15, -0.1) is 0 Å². The summed E-state index contributed by atoms with van der Waals surface area (Å²) in [7, 11) is 0. The van der Waals surface area contributed by atoms with Gasteiger partial charge in [0.15, 0.2) is 0 Å². The topological polar surface area (TPSA) is 55.1 Å². The van der Waals surface area contributed by atoms with Crippen LogP contribution < -0.4 is 11.1 Å². The summed E-state index contributed by atoms with van der Waals surface area (Å²) in [6.07, 6.45) is -1.64. The highest BCUT2D eigenvalue weighted by Crippen LogP contribution is 2.44. The quantitative estimate of drug-likeness (QED) is 0.788. The van der Waals surface area contributed by atoms with Crippen molar-refractivity contribution in [2.24, 2.45) is 0 Å². The van der Waals surface area contributed by atoms with Gasteiger partial charge in [-0.3, -0.25) is 4.79 Å². The van der Waals surface area contributed by atoms with Gasteiger partial charge < -0.3 is 11.1 Å². The molecule has 3 nitrogen and oxygen atoms in total. The van der Waals surface area contributed by atoms with Gasteiger partial charge in [0.1, 0.15) is 0 Å². The van der Waals surface area contributed by atoms with Crippen LogP contribution in [0.1, 0.15) is 36.0 Å². The summed E-state index contributed by atoms with van der Waals surface area (Å²) in [6, 6.07) is 12.5. The molecule has 1 fully saturated rings. The van der Waals surface area contributed by atoms with Crippen molar-refractivity contribution >= 4 is 11.6 Å². The number of nitrogen functional groups attached to an aromatic ring is 1. The molecular formula is C20H21F3N2O. The lowest BCUT2D eigenvalue weighted by atomic mass is 9.64. The second kappa shape index (κ2) is 7.02. The second-order valence-electron chi connectivity index (χ2n) is 6.91. The number of anilines is 1. The minimum absolute atomic E-state index is 0.145. The van der Waals surface area contributed by atoms with Crippen LogP contribution in [0.4, 0.5) is 18.9 Å². The maximum atomic E-state index is 13.0. The van der Waals surface area contributed by atoms with Crippen LogP contribution in [0.5, 0.6) is 0 Å². The average Bonchev–Trinajstić information content (AvgIpc) is 2.55. The summed E-state index contributed by atoms with van der Waals surface area (Å²) >= 11 is 0. The highest BCUT2D eigenvalue weighted by molar-refractivity contribution is 5.78. The van der Waals surface area contributed by atoms with E-state index in [9.17, 15) is 18.0 Å². The van der Waals surface area contributed by atoms with Crippen LogP contribution in [0, 0.1) is 0 Å². The highest BCUT2D eigenvalue weighted by Gasteiger charge is 2.40. The normalized spacial score (nSPS) is 16.0. The third kappa shape index (κ3) is 4.00. The Balaban J connectivity index is 1.67. The lowest BCUT2D eigenvalue weighted by Crippen LogP contribution is -2.46. The lowest BCUT2D eigenvalue weighted by molar-refractivity contribution is -0.137. The van der Waals surface area contributed by atoms with E-state index in [1.165, 1.54) is 12.1 Å². The molecule has 2 aromatic carbocycles. The minimum Gasteiger partial charge on any atom is -0.399 e. The summed E-state index contributed by atoms with van der Waals surface area (Å²) in [5.41, 5.74) is 6.70. The van der Waals surface area contributed by atoms with E-state index in [2.05, 4.69) is 5.32 Å². The summed E-state index contributed by atoms with van der Waals surface area (Å²) in [5, 5.41) is 2.89. The number of rotatable bonds is 5. The van der Waals surface area contributed by atoms with Crippen LogP contribution in [0.15, 0.2) is 48.5 Å². The molecule has 0 bridgehead atoms. The van der Waals surface area contributed by atoms with Gasteiger partial charge in [-0.05, 0) is 42.2 Å². The summed E-state index contributed by atoms with van der Waals surface area (Å²) in [4.78, 5) is 12.2. The predicted octanol–water partition coefficient (Wildman–Crippen LogP) is 4.07. The molecule has 1 amide bonds. The van der Waals surface area contributed by atoms with Crippen LogP contribution in [0.2, 0.25) is 0 Å². The Kier molecular flexibility index (Phi) is 4.94. The number of halogens is 3. The van der Waals surface area contributed by atoms with Crippen LogP contribution in [-0.4, -0.2) is 12.5 Å². The molecule has 6 heteroatoms. The fourth-order valence-electron chi connectivity index (χ4n) is 3.35. The zero-order valence-corrected chi connectivity index (χ0v) is 14.3. The van der Waals surface area contributed by atoms with Crippen molar-refractivity contribution in [3.05, 3.63) is 65.2 Å². The molecule has 0 unspecified atom stereocenters. The van der Waals surface area contributed by atoms with Gasteiger partial charge in [0.05, 0.1) is 12.0 Å². The van der Waals surface area contributed by atoms with E-state index < -0.39 is 17.2 Å². The molecule has 1 aliphatic rings. The van der Waals surface area contributed by atoms with E-state index in [0.717, 1.165) is 30.9 Å². The van der Waals surface area contributed by atoms with Gasteiger partial charge in [-0.25, -0.2) is 0 Å². The van der Waals surface area contributed by atoms with Crippen molar-refractivity contribution in [1.82, 2.24) is 5.32 Å². The van der Waals surface area contributed by atoms with Crippen LogP contribution in [-0.2, 0) is 22.8 Å². The second-order valence-corrected chi connectivity index (χ2v) is 6.91. The first kappa shape index (κ1) is 18.3. The number of nitrogens with two attached hydrogens (primary N) is 1. The SMILES string of the molecule is Nc1ccc(CC(=O)NCC2(c3cccc(C(F)(F)F)c3)CCC2)cc1. The van der Waals surface area contributed by atoms with E-state index in [4.69, 9.17) is 5.73 Å². The number of benzene rings is 2. The lowest BCUT2D eigenvalue weighted by Gasteiger charge is -2.43. The maximum absolute atomic E-state index is 13.0. The van der Waals surface area contributed by atoms with Gasteiger partial charge in [-0.2, -0.15) is 13.2 Å². The molecule has 138 valence electrons. The van der Waals surface area contributed by atoms with Gasteiger partial charge in [0.2, 0.25) is 5.91 Å². The number of carbonyl (C=O) groups is 1. The zero-order valence-electron chi connectivity index (χ0n) is 14.3. The predicted molar refractivity (Wildman–Crippen MR) is 94.5 cm³/mol. The Morgan fingerprint density at radius 2 is 1.81 bits per heavy atom. The first-order chi connectivity index (χ1) is 12.3. The molecule has 0 spiro atoms. The monoisotopic (exact) mass is 362 g/mol. The fourth-order valence-corrected chi connectivity index (χ4v) is 3.35. The van der Waals surface area contributed by atoms with Crippen LogP contribution >= 0.6 is 0 Å². The van der Waals surface area contributed by atoms with Crippen molar-refractivity contribution in [3.63, 3.8) is 0 Å². The molecule has 0 aliphatic heterocycles. The van der Waals surface area contributed by atoms with Crippen LogP contribution in [0.3, 0.4) is 0 Å². The van der Waals surface area contributed by atoms with Gasteiger partial charge in [-0.1, -0.05) is 36.8 Å². The Hall–Kier alpha value is -2.50. The Morgan fingerprint density at radius 3 is 2.38 bits per heavy atom. The van der Waals surface area contributed by atoms with Crippen molar-refractivity contribution in [2.45, 2.75) is 37.3 Å². The molecule has 0 heterocycles. The molecule has 3 rings (SSSR count). The van der Waals surface area contributed by atoms with Crippen molar-refractivity contribution < 1.29 is 18.0 Å². The Morgan fingerprint density at radius 1 is 1.12 bits per heavy atom. The number of hydrogen-bond donors (Lipinski definition) is 2. The van der Waals surface area contributed by atoms with E-state index in [-0.39, 0.29) is 12.3 Å². The Labute approximate surface area is 150 Å². The van der Waals surface area contributed by atoms with Gasteiger partial charge in [0.25, 0.3) is 0 Å². The van der Waals surface area contributed by atoms with E-state index in [1.807, 2.05) is 0 Å². The largest absolute Gasteiger partial charge is 0.416 e. The van der Waals surface area contributed by atoms with Gasteiger partial charge >= 0.3 is 6.18 Å². The average molecular weight is 362 g/mol. The third-order valence-corrected chi connectivity index (χ3v) is 5.08. The van der Waals surface area contributed by atoms with E-state index >= 15 is 0 Å². The molecular weight excluding hydrogens is 341 g/mol. The zero-order chi connectivity index (χ0) is 18.8. The third-order valence-electron chi connectivity index (χ3n) is 5.08. The number of carbonyl (C=O) groups excluding carboxylic acids is 1. The van der Waals surface area contributed by atoms with Crippen molar-refractivity contribution in [2.75, 3.05) is 12.3 Å². The molecule has 0 aromatic heterocycles. The minimum atomic E-state index is -4.36. The fraction of sp³-hybridized carbons (Fsp3) is 0.350. The summed E-state index contributed by atoms with van der Waals surface area (Å²) in [6.45, 7) is 0.349. The molecule has 1 aliphatic carbocycles. The van der Waals surface area contributed by atoms with E-state index in [0.29, 0.717) is 17.8 Å². The molecule has 3 N–H and O–H groups in total. The highest BCUT2D eigenvalue weighted by atomic mass is 19.4. The Bertz CT molecular complexity index is 780. The number of amides is 1. The smallest absolute Gasteiger partial charge is 0.399 e. The number of alkyl halides is 3. The van der Waals surface area contributed by atoms with E-state index in [1.54, 1.807) is 30.3 Å². The van der Waals surface area contributed by atoms with Crippen LogP contribution in [0.25, 0.3) is 0 Å². The number of hydrogen-bond acceptors (Lipinski definition) is 2. The molecule has 0 radical (unpaired) electrons. The number of nitrogens with one attached hydrogen (secondary N) is 1.